The number of phenols is 1. The van der Waals surface area contributed by atoms with E-state index in [2.05, 4.69) is 5.32 Å². The first-order chi connectivity index (χ1) is 8.38. The number of benzene rings is 1. The maximum atomic E-state index is 11.5. The van der Waals surface area contributed by atoms with Gasteiger partial charge in [-0.3, -0.25) is 4.79 Å². The van der Waals surface area contributed by atoms with Gasteiger partial charge in [0.2, 0.25) is 0 Å². The Bertz CT molecular complexity index is 415. The van der Waals surface area contributed by atoms with Crippen LogP contribution in [0.15, 0.2) is 24.3 Å². The highest BCUT2D eigenvalue weighted by atomic mass is 16.5. The molecule has 1 aromatic rings. The van der Waals surface area contributed by atoms with E-state index in [1.165, 1.54) is 7.11 Å². The minimum Gasteiger partial charge on any atom is -0.508 e. The topological polar surface area (TPSA) is 58.6 Å². The van der Waals surface area contributed by atoms with Gasteiger partial charge in [-0.1, -0.05) is 18.2 Å². The van der Waals surface area contributed by atoms with Crippen molar-refractivity contribution in [2.24, 2.45) is 5.41 Å². The summed E-state index contributed by atoms with van der Waals surface area (Å²) in [7, 11) is 1.39. The van der Waals surface area contributed by atoms with Crippen LogP contribution in [0.2, 0.25) is 0 Å². The molecule has 4 nitrogen and oxygen atoms in total. The molecule has 0 amide bonds. The van der Waals surface area contributed by atoms with Crippen LogP contribution < -0.4 is 5.32 Å². The second kappa shape index (κ2) is 5.87. The van der Waals surface area contributed by atoms with Crippen LogP contribution in [-0.4, -0.2) is 24.7 Å². The molecule has 4 heteroatoms. The van der Waals surface area contributed by atoms with Crippen molar-refractivity contribution in [2.45, 2.75) is 26.8 Å². The van der Waals surface area contributed by atoms with Crippen molar-refractivity contribution >= 4 is 5.97 Å². The predicted octanol–water partition coefficient (Wildman–Crippen LogP) is 2.24. The zero-order chi connectivity index (χ0) is 13.8. The van der Waals surface area contributed by atoms with Crippen molar-refractivity contribution in [3.05, 3.63) is 29.8 Å². The number of nitrogens with one attached hydrogen (secondary N) is 1. The minimum absolute atomic E-state index is 0.0323. The van der Waals surface area contributed by atoms with Gasteiger partial charge >= 0.3 is 5.97 Å². The molecule has 0 fully saturated rings. The summed E-state index contributed by atoms with van der Waals surface area (Å²) in [4.78, 5) is 11.5. The Labute approximate surface area is 108 Å². The van der Waals surface area contributed by atoms with E-state index in [9.17, 15) is 9.90 Å². The normalized spacial score (nSPS) is 13.1. The fourth-order valence-corrected chi connectivity index (χ4v) is 1.72. The first kappa shape index (κ1) is 14.5. The van der Waals surface area contributed by atoms with Gasteiger partial charge in [-0.25, -0.2) is 0 Å². The smallest absolute Gasteiger partial charge is 0.312 e. The molecule has 0 radical (unpaired) electrons. The van der Waals surface area contributed by atoms with E-state index in [4.69, 9.17) is 4.74 Å². The molecule has 0 spiro atoms. The van der Waals surface area contributed by atoms with Crippen LogP contribution >= 0.6 is 0 Å². The van der Waals surface area contributed by atoms with Crippen molar-refractivity contribution in [1.29, 1.82) is 0 Å². The number of para-hydroxylation sites is 1. The average Bonchev–Trinajstić information content (AvgIpc) is 2.35. The molecule has 18 heavy (non-hydrogen) atoms. The highest BCUT2D eigenvalue weighted by Crippen LogP contribution is 2.24. The van der Waals surface area contributed by atoms with Crippen LogP contribution in [0.1, 0.15) is 32.4 Å². The van der Waals surface area contributed by atoms with Gasteiger partial charge in [0.1, 0.15) is 5.75 Å². The second-order valence-electron chi connectivity index (χ2n) is 5.04. The van der Waals surface area contributed by atoms with E-state index in [-0.39, 0.29) is 17.8 Å². The van der Waals surface area contributed by atoms with Crippen LogP contribution in [0, 0.1) is 5.41 Å². The number of carbonyl (C=O) groups excluding carboxylic acids is 1. The third kappa shape index (κ3) is 3.47. The number of phenolic OH excluding ortho intramolecular Hbond substituents is 1. The number of rotatable bonds is 5. The zero-order valence-corrected chi connectivity index (χ0v) is 11.4. The molecule has 100 valence electrons. The summed E-state index contributed by atoms with van der Waals surface area (Å²) >= 11 is 0. The second-order valence-corrected chi connectivity index (χ2v) is 5.04. The molecule has 0 aromatic heterocycles. The highest BCUT2D eigenvalue weighted by Gasteiger charge is 2.29. The van der Waals surface area contributed by atoms with E-state index in [1.807, 2.05) is 32.9 Å². The fraction of sp³-hybridized carbons (Fsp3) is 0.500. The molecule has 1 unspecified atom stereocenters. The Balaban J connectivity index is 2.64. The number of methoxy groups -OCH3 is 1. The van der Waals surface area contributed by atoms with Gasteiger partial charge in [-0.05, 0) is 26.8 Å². The lowest BCUT2D eigenvalue weighted by Crippen LogP contribution is -2.38. The highest BCUT2D eigenvalue weighted by molar-refractivity contribution is 5.76. The van der Waals surface area contributed by atoms with Crippen LogP contribution in [-0.2, 0) is 9.53 Å². The van der Waals surface area contributed by atoms with Gasteiger partial charge in [0.05, 0.1) is 12.5 Å². The first-order valence-electron chi connectivity index (χ1n) is 5.98. The van der Waals surface area contributed by atoms with Crippen LogP contribution in [0.3, 0.4) is 0 Å². The fourth-order valence-electron chi connectivity index (χ4n) is 1.72. The first-order valence-corrected chi connectivity index (χ1v) is 5.98. The summed E-state index contributed by atoms with van der Waals surface area (Å²) in [6.45, 7) is 6.07. The number of aromatic hydroxyl groups is 1. The Morgan fingerprint density at radius 1 is 1.44 bits per heavy atom. The van der Waals surface area contributed by atoms with Crippen molar-refractivity contribution in [3.8, 4) is 5.75 Å². The Morgan fingerprint density at radius 3 is 2.61 bits per heavy atom. The number of carbonyl (C=O) groups is 1. The largest absolute Gasteiger partial charge is 0.508 e. The Morgan fingerprint density at radius 2 is 2.06 bits per heavy atom. The van der Waals surface area contributed by atoms with Crippen molar-refractivity contribution in [1.82, 2.24) is 5.32 Å². The SMILES string of the molecule is COC(=O)C(C)(C)CNC(C)c1ccccc1O. The molecular formula is C14H21NO3. The van der Waals surface area contributed by atoms with E-state index < -0.39 is 5.41 Å². The molecule has 0 saturated heterocycles. The predicted molar refractivity (Wildman–Crippen MR) is 70.3 cm³/mol. The van der Waals surface area contributed by atoms with E-state index in [1.54, 1.807) is 12.1 Å². The summed E-state index contributed by atoms with van der Waals surface area (Å²) in [6, 6.07) is 7.13. The van der Waals surface area contributed by atoms with Gasteiger partial charge in [0.15, 0.2) is 0 Å². The van der Waals surface area contributed by atoms with Crippen molar-refractivity contribution in [3.63, 3.8) is 0 Å². The molecule has 0 aliphatic rings. The van der Waals surface area contributed by atoms with Gasteiger partial charge < -0.3 is 15.2 Å². The van der Waals surface area contributed by atoms with Gasteiger partial charge in [0, 0.05) is 18.2 Å². The molecule has 1 rings (SSSR count). The van der Waals surface area contributed by atoms with Crippen LogP contribution in [0.25, 0.3) is 0 Å². The summed E-state index contributed by atoms with van der Waals surface area (Å²) < 4.78 is 4.75. The maximum absolute atomic E-state index is 11.5. The van der Waals surface area contributed by atoms with E-state index >= 15 is 0 Å². The summed E-state index contributed by atoms with van der Waals surface area (Å²) in [5.74, 6) is 0.00728. The average molecular weight is 251 g/mol. The number of hydrogen-bond acceptors (Lipinski definition) is 4. The molecule has 0 bridgehead atoms. The molecule has 1 atom stereocenters. The van der Waals surface area contributed by atoms with E-state index in [0.29, 0.717) is 6.54 Å². The number of esters is 1. The lowest BCUT2D eigenvalue weighted by atomic mass is 9.93. The summed E-state index contributed by atoms with van der Waals surface area (Å²) in [6.07, 6.45) is 0. The minimum atomic E-state index is -0.590. The lowest BCUT2D eigenvalue weighted by molar-refractivity contribution is -0.150. The monoisotopic (exact) mass is 251 g/mol. The van der Waals surface area contributed by atoms with Gasteiger partial charge in [-0.15, -0.1) is 0 Å². The molecule has 0 aliphatic heterocycles. The van der Waals surface area contributed by atoms with Gasteiger partial charge in [0.25, 0.3) is 0 Å². The van der Waals surface area contributed by atoms with Crippen molar-refractivity contribution in [2.75, 3.05) is 13.7 Å². The number of hydrogen-bond donors (Lipinski definition) is 2. The molecule has 1 aromatic carbocycles. The molecule has 0 heterocycles. The zero-order valence-electron chi connectivity index (χ0n) is 11.4. The maximum Gasteiger partial charge on any atom is 0.312 e. The Kier molecular flexibility index (Phi) is 4.73. The molecule has 2 N–H and O–H groups in total. The molecular weight excluding hydrogens is 230 g/mol. The number of ether oxygens (including phenoxy) is 1. The van der Waals surface area contributed by atoms with Crippen molar-refractivity contribution < 1.29 is 14.6 Å². The van der Waals surface area contributed by atoms with Crippen LogP contribution in [0.5, 0.6) is 5.75 Å². The summed E-state index contributed by atoms with van der Waals surface area (Å²) in [5, 5.41) is 13.0. The quantitative estimate of drug-likeness (QED) is 0.788. The lowest BCUT2D eigenvalue weighted by Gasteiger charge is -2.25. The standard InChI is InChI=1S/C14H21NO3/c1-10(11-7-5-6-8-12(11)16)15-9-14(2,3)13(17)18-4/h5-8,10,15-16H,9H2,1-4H3. The molecule has 0 saturated carbocycles. The van der Waals surface area contributed by atoms with Gasteiger partial charge in [-0.2, -0.15) is 0 Å². The third-order valence-corrected chi connectivity index (χ3v) is 2.99. The third-order valence-electron chi connectivity index (χ3n) is 2.99. The summed E-state index contributed by atoms with van der Waals surface area (Å²) in [5.41, 5.74) is 0.228. The van der Waals surface area contributed by atoms with Crippen LogP contribution in [0.4, 0.5) is 0 Å². The Hall–Kier alpha value is -1.55. The molecule has 0 aliphatic carbocycles. The van der Waals surface area contributed by atoms with E-state index in [0.717, 1.165) is 5.56 Å².